The maximum absolute atomic E-state index is 13.5. The van der Waals surface area contributed by atoms with Crippen LogP contribution in [0.2, 0.25) is 11.5 Å². The summed E-state index contributed by atoms with van der Waals surface area (Å²) in [5.41, 5.74) is 2.00. The van der Waals surface area contributed by atoms with E-state index in [-0.39, 0.29) is 36.7 Å². The summed E-state index contributed by atoms with van der Waals surface area (Å²) in [6.45, 7) is 1.53. The number of hydrogen-bond donors (Lipinski definition) is 0. The first-order chi connectivity index (χ1) is 24.5. The molecule has 0 fully saturated rings. The number of hydrogen-bond acceptors (Lipinski definition) is 4. The Morgan fingerprint density at radius 3 is 1.06 bits per heavy atom. The topological polar surface area (TPSA) is 68.3 Å². The minimum atomic E-state index is -3.25. The van der Waals surface area contributed by atoms with Gasteiger partial charge in [0.15, 0.2) is 0 Å². The standard InChI is InChI=1S/C22H20GeO2.C13H13Ge.C8H4Cl2O2.CH4.Li/c1-17(24)18-13-15-19(16-14-18)22(25)23(2,20-9-5-3-6-10-20)21-11-7-4-8-12-21;1-14(12-8-4-2-5-9-12)13-10-6-3-7-11-13;9-7(11)5-1-2-6(4-3-5)8(10)12;;/h3-16H,1-2H3;2-11H,1H3;1-4H;1H4;. The number of Topliss-reactive ketones (excluding diaryl/α,β-unsaturated/α-hetero) is 1. The second kappa shape index (κ2) is 22.5. The van der Waals surface area contributed by atoms with Crippen LogP contribution >= 0.6 is 23.2 Å². The molecule has 0 heterocycles. The van der Waals surface area contributed by atoms with Gasteiger partial charge in [-0.05, 0) is 47.5 Å². The van der Waals surface area contributed by atoms with E-state index in [4.69, 9.17) is 23.2 Å². The van der Waals surface area contributed by atoms with Gasteiger partial charge in [-0.25, -0.2) is 0 Å². The molecule has 4 nitrogen and oxygen atoms in total. The third-order valence-electron chi connectivity index (χ3n) is 8.46. The molecule has 0 saturated carbocycles. The van der Waals surface area contributed by atoms with E-state index in [0.717, 1.165) is 8.79 Å². The van der Waals surface area contributed by atoms with Crippen LogP contribution in [-0.2, 0) is 0 Å². The minimum absolute atomic E-state index is 0. The van der Waals surface area contributed by atoms with Crippen molar-refractivity contribution < 1.29 is 19.2 Å². The van der Waals surface area contributed by atoms with Crippen molar-refractivity contribution in [2.24, 2.45) is 0 Å². The van der Waals surface area contributed by atoms with E-state index >= 15 is 0 Å². The third kappa shape index (κ3) is 12.7. The normalized spacial score (nSPS) is 10.2. The average Bonchev–Trinajstić information content (AvgIpc) is 3.19. The Morgan fingerprint density at radius 1 is 0.472 bits per heavy atom. The summed E-state index contributed by atoms with van der Waals surface area (Å²) in [7, 11) is 0. The summed E-state index contributed by atoms with van der Waals surface area (Å²) in [5.74, 6) is 4.56. The molecule has 0 aliphatic rings. The maximum Gasteiger partial charge on any atom is 0 e. The number of carbonyl (C=O) groups is 4. The quantitative estimate of drug-likeness (QED) is 0.0838. The summed E-state index contributed by atoms with van der Waals surface area (Å²) in [6, 6.07) is 54.8. The van der Waals surface area contributed by atoms with Gasteiger partial charge in [-0.3, -0.25) is 9.59 Å². The van der Waals surface area contributed by atoms with Gasteiger partial charge in [-0.2, -0.15) is 0 Å². The van der Waals surface area contributed by atoms with Crippen LogP contribution in [0.3, 0.4) is 0 Å². The van der Waals surface area contributed by atoms with Crippen molar-refractivity contribution in [1.82, 2.24) is 0 Å². The van der Waals surface area contributed by atoms with Crippen LogP contribution in [0.4, 0.5) is 0 Å². The molecule has 0 aliphatic carbocycles. The predicted octanol–water partition coefficient (Wildman–Crippen LogP) is 8.13. The van der Waals surface area contributed by atoms with Crippen LogP contribution < -0.4 is 17.6 Å². The molecule has 0 amide bonds. The Bertz CT molecular complexity index is 1930. The van der Waals surface area contributed by atoms with Gasteiger partial charge < -0.3 is 0 Å². The van der Waals surface area contributed by atoms with Gasteiger partial charge in [0, 0.05) is 30.0 Å². The second-order valence-electron chi connectivity index (χ2n) is 11.8. The number of ketones is 1. The fraction of sp³-hybridized carbons (Fsp3) is 0.0909. The summed E-state index contributed by atoms with van der Waals surface area (Å²) in [5, 5.41) is -1.10. The summed E-state index contributed by atoms with van der Waals surface area (Å²) in [4.78, 5) is 46.2. The van der Waals surface area contributed by atoms with Crippen LogP contribution in [0.1, 0.15) is 55.8 Å². The van der Waals surface area contributed by atoms with Gasteiger partial charge in [0.2, 0.25) is 0 Å². The van der Waals surface area contributed by atoms with Gasteiger partial charge in [0.25, 0.3) is 10.5 Å². The Hall–Kier alpha value is -3.74. The van der Waals surface area contributed by atoms with Crippen molar-refractivity contribution in [3.63, 3.8) is 0 Å². The van der Waals surface area contributed by atoms with Crippen LogP contribution in [0.15, 0.2) is 170 Å². The van der Waals surface area contributed by atoms with Gasteiger partial charge in [-0.15, -0.1) is 0 Å². The van der Waals surface area contributed by atoms with E-state index in [1.165, 1.54) is 31.2 Å². The van der Waals surface area contributed by atoms with Crippen LogP contribution in [0.25, 0.3) is 0 Å². The fourth-order valence-corrected chi connectivity index (χ4v) is 16.2. The van der Waals surface area contributed by atoms with Crippen molar-refractivity contribution in [2.75, 3.05) is 0 Å². The zero-order chi connectivity index (χ0) is 36.8. The van der Waals surface area contributed by atoms with Crippen molar-refractivity contribution >= 4 is 108 Å². The fourth-order valence-electron chi connectivity index (χ4n) is 5.39. The molecular weight excluding hydrogens is 816 g/mol. The van der Waals surface area contributed by atoms with Gasteiger partial charge in [0.05, 0.1) is 0 Å². The van der Waals surface area contributed by atoms with E-state index < -0.39 is 38.1 Å². The zero-order valence-corrected chi connectivity index (χ0v) is 35.3. The summed E-state index contributed by atoms with van der Waals surface area (Å²) < 4.78 is 5.55. The minimum Gasteiger partial charge on any atom is 0 e. The average molecular weight is 857 g/mol. The molecular formula is C44H41Cl2Ge2LiO4. The number of halogens is 2. The Morgan fingerprint density at radius 2 is 0.755 bits per heavy atom. The second-order valence-corrected chi connectivity index (χ2v) is 25.6. The van der Waals surface area contributed by atoms with Gasteiger partial charge >= 0.3 is 240 Å². The van der Waals surface area contributed by atoms with Crippen molar-refractivity contribution in [2.45, 2.75) is 25.9 Å². The smallest absolute Gasteiger partial charge is 0 e. The predicted molar refractivity (Wildman–Crippen MR) is 228 cm³/mol. The molecule has 0 N–H and O–H groups in total. The Balaban J connectivity index is 0.000000295. The van der Waals surface area contributed by atoms with E-state index in [1.54, 1.807) is 33.1 Å². The molecule has 0 spiro atoms. The molecule has 6 aromatic rings. The molecule has 0 aromatic heterocycles. The molecule has 0 unspecified atom stereocenters. The molecule has 53 heavy (non-hydrogen) atoms. The first-order valence-corrected chi connectivity index (χ1v) is 26.4. The van der Waals surface area contributed by atoms with Crippen molar-refractivity contribution in [3.05, 3.63) is 192 Å². The largest absolute Gasteiger partial charge is 0 e. The first kappa shape index (κ1) is 45.4. The monoisotopic (exact) mass is 858 g/mol. The molecule has 264 valence electrons. The number of rotatable bonds is 9. The van der Waals surface area contributed by atoms with E-state index in [2.05, 4.69) is 96.4 Å². The molecule has 0 saturated heterocycles. The number of benzene rings is 6. The molecule has 2 radical (unpaired) electrons. The van der Waals surface area contributed by atoms with Crippen molar-refractivity contribution in [3.8, 4) is 0 Å². The van der Waals surface area contributed by atoms with E-state index in [1.807, 2.05) is 36.4 Å². The summed E-state index contributed by atoms with van der Waals surface area (Å²) in [6.07, 6.45) is 0. The molecule has 0 aliphatic heterocycles. The van der Waals surface area contributed by atoms with E-state index in [9.17, 15) is 19.2 Å². The molecule has 0 bridgehead atoms. The molecule has 6 rings (SSSR count). The van der Waals surface area contributed by atoms with Crippen molar-refractivity contribution in [1.29, 1.82) is 0 Å². The Labute approximate surface area is 342 Å². The Kier molecular flexibility index (Phi) is 19.3. The molecule has 9 heteroatoms. The van der Waals surface area contributed by atoms with E-state index in [0.29, 0.717) is 22.3 Å². The van der Waals surface area contributed by atoms with Crippen LogP contribution in [0.5, 0.6) is 0 Å². The van der Waals surface area contributed by atoms with Crippen LogP contribution in [0, 0.1) is 0 Å². The van der Waals surface area contributed by atoms with Gasteiger partial charge in [0.1, 0.15) is 0 Å². The van der Waals surface area contributed by atoms with Gasteiger partial charge in [-0.1, -0.05) is 7.43 Å². The third-order valence-corrected chi connectivity index (χ3v) is 22.7. The summed E-state index contributed by atoms with van der Waals surface area (Å²) >= 11 is 5.91. The SMILES string of the molecule is C.CC(=O)c1ccc([C](=O)[Ge]([CH3])([c]2ccccc2)[c]2ccccc2)cc1.O=C(Cl)c1ccc(C(=O)Cl)cc1.[CH3][Ge]([c]1ccccc1)[c]1ccccc1.[Li]. The van der Waals surface area contributed by atoms with Crippen LogP contribution in [-0.4, -0.2) is 67.4 Å². The first-order valence-electron chi connectivity index (χ1n) is 16.2. The number of carbonyl (C=O) groups excluding carboxylic acids is 4. The molecule has 0 atom stereocenters. The molecule has 6 aromatic carbocycles. The maximum atomic E-state index is 13.5. The zero-order valence-electron chi connectivity index (χ0n) is 29.6.